The second-order valence-corrected chi connectivity index (χ2v) is 5.96. The molecule has 3 unspecified atom stereocenters. The Morgan fingerprint density at radius 3 is 2.53 bits per heavy atom. The standard InChI is InChI=1S/C14H18BrNO3/c1-8-2-3-11(19-8)14(16)9-6-12-13(7-10(9)15)18-5-4-17-12/h6-8,11,14H,2-5,16H2,1H3. The number of benzene rings is 1. The summed E-state index contributed by atoms with van der Waals surface area (Å²) in [5, 5.41) is 0. The second-order valence-electron chi connectivity index (χ2n) is 5.11. The van der Waals surface area contributed by atoms with Crippen molar-refractivity contribution in [1.29, 1.82) is 0 Å². The molecule has 3 atom stereocenters. The Labute approximate surface area is 121 Å². The van der Waals surface area contributed by atoms with Gasteiger partial charge in [0.15, 0.2) is 11.5 Å². The number of hydrogen-bond acceptors (Lipinski definition) is 4. The summed E-state index contributed by atoms with van der Waals surface area (Å²) in [5.41, 5.74) is 7.36. The zero-order chi connectivity index (χ0) is 13.4. The predicted octanol–water partition coefficient (Wildman–Crippen LogP) is 2.79. The molecule has 1 saturated heterocycles. The highest BCUT2D eigenvalue weighted by atomic mass is 79.9. The average Bonchev–Trinajstić information content (AvgIpc) is 2.84. The van der Waals surface area contributed by atoms with Crippen molar-refractivity contribution in [3.8, 4) is 11.5 Å². The van der Waals surface area contributed by atoms with Crippen molar-refractivity contribution in [2.75, 3.05) is 13.2 Å². The van der Waals surface area contributed by atoms with Gasteiger partial charge in [0.2, 0.25) is 0 Å². The van der Waals surface area contributed by atoms with Crippen LogP contribution in [0.2, 0.25) is 0 Å². The van der Waals surface area contributed by atoms with Crippen molar-refractivity contribution in [3.05, 3.63) is 22.2 Å². The maximum atomic E-state index is 6.35. The van der Waals surface area contributed by atoms with Gasteiger partial charge in [-0.25, -0.2) is 0 Å². The molecule has 19 heavy (non-hydrogen) atoms. The molecule has 1 aromatic rings. The van der Waals surface area contributed by atoms with E-state index in [9.17, 15) is 0 Å². The topological polar surface area (TPSA) is 53.7 Å². The lowest BCUT2D eigenvalue weighted by Crippen LogP contribution is -2.27. The molecule has 1 aromatic carbocycles. The summed E-state index contributed by atoms with van der Waals surface area (Å²) in [6.45, 7) is 3.26. The Morgan fingerprint density at radius 2 is 1.89 bits per heavy atom. The summed E-state index contributed by atoms with van der Waals surface area (Å²) >= 11 is 3.57. The van der Waals surface area contributed by atoms with Gasteiger partial charge >= 0.3 is 0 Å². The van der Waals surface area contributed by atoms with Crippen LogP contribution in [-0.4, -0.2) is 25.4 Å². The molecule has 104 valence electrons. The third kappa shape index (κ3) is 2.59. The maximum absolute atomic E-state index is 6.35. The lowest BCUT2D eigenvalue weighted by atomic mass is 9.99. The van der Waals surface area contributed by atoms with E-state index in [1.54, 1.807) is 0 Å². The first-order valence-corrected chi connectivity index (χ1v) is 7.44. The van der Waals surface area contributed by atoms with E-state index in [1.165, 1.54) is 0 Å². The summed E-state index contributed by atoms with van der Waals surface area (Å²) in [6, 6.07) is 3.76. The summed E-state index contributed by atoms with van der Waals surface area (Å²) in [4.78, 5) is 0. The molecule has 2 aliphatic heterocycles. The largest absolute Gasteiger partial charge is 0.486 e. The van der Waals surface area contributed by atoms with Crippen molar-refractivity contribution in [3.63, 3.8) is 0 Å². The normalized spacial score (nSPS) is 27.3. The lowest BCUT2D eigenvalue weighted by Gasteiger charge is -2.24. The molecule has 0 amide bonds. The van der Waals surface area contributed by atoms with Gasteiger partial charge in [0.1, 0.15) is 13.2 Å². The first kappa shape index (κ1) is 13.2. The van der Waals surface area contributed by atoms with E-state index < -0.39 is 0 Å². The summed E-state index contributed by atoms with van der Waals surface area (Å²) in [6.07, 6.45) is 2.45. The molecule has 0 radical (unpaired) electrons. The van der Waals surface area contributed by atoms with Crippen LogP contribution in [0.3, 0.4) is 0 Å². The summed E-state index contributed by atoms with van der Waals surface area (Å²) in [5.74, 6) is 1.54. The zero-order valence-corrected chi connectivity index (χ0v) is 12.5. The van der Waals surface area contributed by atoms with Crippen LogP contribution in [0.1, 0.15) is 31.4 Å². The Morgan fingerprint density at radius 1 is 1.21 bits per heavy atom. The maximum Gasteiger partial charge on any atom is 0.162 e. The van der Waals surface area contributed by atoms with E-state index >= 15 is 0 Å². The fraction of sp³-hybridized carbons (Fsp3) is 0.571. The van der Waals surface area contributed by atoms with Gasteiger partial charge < -0.3 is 19.9 Å². The zero-order valence-electron chi connectivity index (χ0n) is 10.9. The minimum atomic E-state index is -0.143. The van der Waals surface area contributed by atoms with Gasteiger partial charge in [0.25, 0.3) is 0 Å². The molecule has 0 spiro atoms. The third-order valence-electron chi connectivity index (χ3n) is 3.69. The highest BCUT2D eigenvalue weighted by Crippen LogP contribution is 2.39. The van der Waals surface area contributed by atoms with E-state index in [0.717, 1.165) is 34.4 Å². The number of rotatable bonds is 2. The van der Waals surface area contributed by atoms with Crippen molar-refractivity contribution in [2.24, 2.45) is 5.73 Å². The first-order valence-electron chi connectivity index (χ1n) is 6.65. The number of fused-ring (bicyclic) bond motifs is 1. The first-order chi connectivity index (χ1) is 9.15. The van der Waals surface area contributed by atoms with Crippen LogP contribution in [0.4, 0.5) is 0 Å². The van der Waals surface area contributed by atoms with Crippen LogP contribution in [-0.2, 0) is 4.74 Å². The minimum Gasteiger partial charge on any atom is -0.486 e. The molecule has 0 aliphatic carbocycles. The Hall–Kier alpha value is -0.780. The van der Waals surface area contributed by atoms with Gasteiger partial charge in [-0.15, -0.1) is 0 Å². The fourth-order valence-electron chi connectivity index (χ4n) is 2.63. The quantitative estimate of drug-likeness (QED) is 0.907. The van der Waals surface area contributed by atoms with Gasteiger partial charge in [0.05, 0.1) is 18.2 Å². The molecule has 0 aromatic heterocycles. The molecule has 4 nitrogen and oxygen atoms in total. The average molecular weight is 328 g/mol. The summed E-state index contributed by atoms with van der Waals surface area (Å²) < 4.78 is 18.0. The SMILES string of the molecule is CC1CCC(C(N)c2cc3c(cc2Br)OCCO3)O1. The van der Waals surface area contributed by atoms with Gasteiger partial charge in [-0.05, 0) is 37.5 Å². The number of hydrogen-bond donors (Lipinski definition) is 1. The van der Waals surface area contributed by atoms with E-state index in [-0.39, 0.29) is 12.1 Å². The Kier molecular flexibility index (Phi) is 3.69. The summed E-state index contributed by atoms with van der Waals surface area (Å²) in [7, 11) is 0. The van der Waals surface area contributed by atoms with Crippen LogP contribution < -0.4 is 15.2 Å². The van der Waals surface area contributed by atoms with Crippen LogP contribution in [0, 0.1) is 0 Å². The molecule has 1 fully saturated rings. The van der Waals surface area contributed by atoms with Crippen LogP contribution in [0.25, 0.3) is 0 Å². The van der Waals surface area contributed by atoms with Crippen molar-refractivity contribution in [1.82, 2.24) is 0 Å². The van der Waals surface area contributed by atoms with Gasteiger partial charge in [-0.2, -0.15) is 0 Å². The highest BCUT2D eigenvalue weighted by Gasteiger charge is 2.30. The van der Waals surface area contributed by atoms with E-state index in [2.05, 4.69) is 22.9 Å². The molecule has 0 saturated carbocycles. The predicted molar refractivity (Wildman–Crippen MR) is 75.6 cm³/mol. The monoisotopic (exact) mass is 327 g/mol. The van der Waals surface area contributed by atoms with Crippen molar-refractivity contribution in [2.45, 2.75) is 38.0 Å². The highest BCUT2D eigenvalue weighted by molar-refractivity contribution is 9.10. The smallest absolute Gasteiger partial charge is 0.162 e. The van der Waals surface area contributed by atoms with E-state index in [4.69, 9.17) is 19.9 Å². The fourth-order valence-corrected chi connectivity index (χ4v) is 3.22. The van der Waals surface area contributed by atoms with Gasteiger partial charge in [-0.1, -0.05) is 15.9 Å². The number of halogens is 1. The van der Waals surface area contributed by atoms with E-state index in [1.807, 2.05) is 12.1 Å². The van der Waals surface area contributed by atoms with Gasteiger partial charge in [0, 0.05) is 4.47 Å². The molecule has 2 aliphatic rings. The number of nitrogens with two attached hydrogens (primary N) is 1. The molecule has 5 heteroatoms. The van der Waals surface area contributed by atoms with Crippen molar-refractivity contribution >= 4 is 15.9 Å². The van der Waals surface area contributed by atoms with E-state index in [0.29, 0.717) is 19.3 Å². The lowest BCUT2D eigenvalue weighted by molar-refractivity contribution is 0.0399. The molecular weight excluding hydrogens is 310 g/mol. The third-order valence-corrected chi connectivity index (χ3v) is 4.37. The minimum absolute atomic E-state index is 0.0776. The van der Waals surface area contributed by atoms with Crippen LogP contribution in [0.15, 0.2) is 16.6 Å². The Bertz CT molecular complexity index is 480. The molecule has 3 rings (SSSR count). The second kappa shape index (κ2) is 5.31. The van der Waals surface area contributed by atoms with Crippen LogP contribution in [0.5, 0.6) is 11.5 Å². The van der Waals surface area contributed by atoms with Gasteiger partial charge in [-0.3, -0.25) is 0 Å². The molecule has 0 bridgehead atoms. The molecule has 2 N–H and O–H groups in total. The van der Waals surface area contributed by atoms with Crippen molar-refractivity contribution < 1.29 is 14.2 Å². The molecular formula is C14H18BrNO3. The molecule has 2 heterocycles. The number of ether oxygens (including phenoxy) is 3. The Balaban J connectivity index is 1.87. The van der Waals surface area contributed by atoms with Crippen LogP contribution >= 0.6 is 15.9 Å².